The Kier molecular flexibility index (Phi) is 5.72. The minimum atomic E-state index is -0.306. The third kappa shape index (κ3) is 5.05. The number of carbonyl (C=O) groups is 1. The molecule has 2 amide bonds. The summed E-state index contributed by atoms with van der Waals surface area (Å²) in [5, 5.41) is 5.31. The highest BCUT2D eigenvalue weighted by molar-refractivity contribution is 5.75. The Labute approximate surface area is 129 Å². The van der Waals surface area contributed by atoms with Crippen molar-refractivity contribution >= 4 is 12.1 Å². The SMILES string of the molecule is Cc1ccc(/C=C/NC(=O)NCCc2ccccc2F)cc1. The van der Waals surface area contributed by atoms with Crippen LogP contribution in [0.4, 0.5) is 9.18 Å². The van der Waals surface area contributed by atoms with Gasteiger partial charge >= 0.3 is 6.03 Å². The Bertz CT molecular complexity index is 650. The van der Waals surface area contributed by atoms with E-state index in [-0.39, 0.29) is 11.8 Å². The van der Waals surface area contributed by atoms with Gasteiger partial charge in [0.25, 0.3) is 0 Å². The van der Waals surface area contributed by atoms with Gasteiger partial charge in [-0.1, -0.05) is 48.0 Å². The summed E-state index contributed by atoms with van der Waals surface area (Å²) in [6.07, 6.45) is 3.86. The van der Waals surface area contributed by atoms with Gasteiger partial charge < -0.3 is 10.6 Å². The van der Waals surface area contributed by atoms with Crippen LogP contribution in [0.15, 0.2) is 54.7 Å². The topological polar surface area (TPSA) is 41.1 Å². The lowest BCUT2D eigenvalue weighted by Crippen LogP contribution is -2.33. The van der Waals surface area contributed by atoms with Crippen molar-refractivity contribution in [2.24, 2.45) is 0 Å². The molecule has 2 aromatic rings. The van der Waals surface area contributed by atoms with Crippen LogP contribution in [0.5, 0.6) is 0 Å². The summed E-state index contributed by atoms with van der Waals surface area (Å²) >= 11 is 0. The number of halogens is 1. The van der Waals surface area contributed by atoms with Crippen LogP contribution in [-0.4, -0.2) is 12.6 Å². The molecule has 0 aliphatic heterocycles. The molecule has 2 aromatic carbocycles. The van der Waals surface area contributed by atoms with Gasteiger partial charge in [0, 0.05) is 12.7 Å². The standard InChI is InChI=1S/C18H19FN2O/c1-14-6-8-15(9-7-14)10-12-20-18(22)21-13-11-16-4-2-3-5-17(16)19/h2-10,12H,11,13H2,1H3,(H2,20,21,22)/b12-10+. The second-order valence-electron chi connectivity index (χ2n) is 4.99. The lowest BCUT2D eigenvalue weighted by molar-refractivity contribution is 0.244. The largest absolute Gasteiger partial charge is 0.338 e. The van der Waals surface area contributed by atoms with Crippen LogP contribution in [0.1, 0.15) is 16.7 Å². The Morgan fingerprint density at radius 3 is 2.59 bits per heavy atom. The lowest BCUT2D eigenvalue weighted by Gasteiger charge is -2.05. The van der Waals surface area contributed by atoms with Gasteiger partial charge in [0.05, 0.1) is 0 Å². The molecule has 2 rings (SSSR count). The van der Waals surface area contributed by atoms with Crippen molar-refractivity contribution in [2.45, 2.75) is 13.3 Å². The number of rotatable bonds is 5. The molecule has 0 aromatic heterocycles. The monoisotopic (exact) mass is 298 g/mol. The van der Waals surface area contributed by atoms with E-state index in [2.05, 4.69) is 10.6 Å². The van der Waals surface area contributed by atoms with Crippen molar-refractivity contribution in [1.29, 1.82) is 0 Å². The quantitative estimate of drug-likeness (QED) is 0.869. The first-order valence-electron chi connectivity index (χ1n) is 7.16. The molecule has 114 valence electrons. The van der Waals surface area contributed by atoms with Gasteiger partial charge in [-0.2, -0.15) is 0 Å². The van der Waals surface area contributed by atoms with E-state index >= 15 is 0 Å². The number of hydrogen-bond acceptors (Lipinski definition) is 1. The maximum atomic E-state index is 13.4. The van der Waals surface area contributed by atoms with Crippen molar-refractivity contribution in [3.05, 3.63) is 77.2 Å². The zero-order chi connectivity index (χ0) is 15.8. The van der Waals surface area contributed by atoms with Gasteiger partial charge in [0.15, 0.2) is 0 Å². The highest BCUT2D eigenvalue weighted by Gasteiger charge is 2.01. The molecule has 0 bridgehead atoms. The average molecular weight is 298 g/mol. The van der Waals surface area contributed by atoms with E-state index in [0.717, 1.165) is 5.56 Å². The predicted octanol–water partition coefficient (Wildman–Crippen LogP) is 3.65. The maximum absolute atomic E-state index is 13.4. The lowest BCUT2D eigenvalue weighted by atomic mass is 10.1. The van der Waals surface area contributed by atoms with Crippen LogP contribution < -0.4 is 10.6 Å². The summed E-state index contributed by atoms with van der Waals surface area (Å²) in [7, 11) is 0. The number of hydrogen-bond donors (Lipinski definition) is 2. The third-order valence-electron chi connectivity index (χ3n) is 3.21. The first kappa shape index (κ1) is 15.8. The zero-order valence-electron chi connectivity index (χ0n) is 12.5. The maximum Gasteiger partial charge on any atom is 0.318 e. The molecule has 2 N–H and O–H groups in total. The Hall–Kier alpha value is -2.62. The fraction of sp³-hybridized carbons (Fsp3) is 0.167. The molecule has 3 nitrogen and oxygen atoms in total. The van der Waals surface area contributed by atoms with Crippen molar-refractivity contribution in [3.8, 4) is 0 Å². The Balaban J connectivity index is 1.72. The number of amides is 2. The third-order valence-corrected chi connectivity index (χ3v) is 3.21. The fourth-order valence-electron chi connectivity index (χ4n) is 1.95. The van der Waals surface area contributed by atoms with E-state index in [0.29, 0.717) is 18.5 Å². The van der Waals surface area contributed by atoms with Gasteiger partial charge in [-0.15, -0.1) is 0 Å². The van der Waals surface area contributed by atoms with Crippen LogP contribution in [0.25, 0.3) is 6.08 Å². The molecule has 4 heteroatoms. The molecule has 0 fully saturated rings. The van der Waals surface area contributed by atoms with Crippen molar-refractivity contribution in [2.75, 3.05) is 6.54 Å². The summed E-state index contributed by atoms with van der Waals surface area (Å²) < 4.78 is 13.4. The molecule has 0 saturated carbocycles. The van der Waals surface area contributed by atoms with Crippen LogP contribution >= 0.6 is 0 Å². The van der Waals surface area contributed by atoms with Crippen LogP contribution in [0, 0.1) is 12.7 Å². The van der Waals surface area contributed by atoms with Gasteiger partial charge in [0.2, 0.25) is 0 Å². The van der Waals surface area contributed by atoms with Gasteiger partial charge in [0.1, 0.15) is 5.82 Å². The Morgan fingerprint density at radius 2 is 1.86 bits per heavy atom. The molecule has 0 atom stereocenters. The summed E-state index contributed by atoms with van der Waals surface area (Å²) in [6.45, 7) is 2.40. The van der Waals surface area contributed by atoms with E-state index in [9.17, 15) is 9.18 Å². The van der Waals surface area contributed by atoms with E-state index in [1.807, 2.05) is 37.3 Å². The highest BCUT2D eigenvalue weighted by atomic mass is 19.1. The molecule has 22 heavy (non-hydrogen) atoms. The predicted molar refractivity (Wildman–Crippen MR) is 86.9 cm³/mol. The van der Waals surface area contributed by atoms with Crippen LogP contribution in [0.2, 0.25) is 0 Å². The number of aryl methyl sites for hydroxylation is 1. The van der Waals surface area contributed by atoms with E-state index < -0.39 is 0 Å². The normalized spacial score (nSPS) is 10.6. The molecular formula is C18H19FN2O. The second-order valence-corrected chi connectivity index (χ2v) is 4.99. The number of nitrogens with one attached hydrogen (secondary N) is 2. The van der Waals surface area contributed by atoms with Crippen molar-refractivity contribution < 1.29 is 9.18 Å². The average Bonchev–Trinajstić information content (AvgIpc) is 2.51. The molecule has 0 aliphatic rings. The zero-order valence-corrected chi connectivity index (χ0v) is 12.5. The number of benzene rings is 2. The van der Waals surface area contributed by atoms with Crippen molar-refractivity contribution in [1.82, 2.24) is 10.6 Å². The fourth-order valence-corrected chi connectivity index (χ4v) is 1.95. The molecule has 0 unspecified atom stereocenters. The molecule has 0 radical (unpaired) electrons. The first-order chi connectivity index (χ1) is 10.6. The van der Waals surface area contributed by atoms with Gasteiger partial charge in [-0.05, 0) is 36.6 Å². The van der Waals surface area contributed by atoms with Crippen LogP contribution in [0.3, 0.4) is 0 Å². The summed E-state index contributed by atoms with van der Waals surface area (Å²) in [4.78, 5) is 11.6. The molecular weight excluding hydrogens is 279 g/mol. The Morgan fingerprint density at radius 1 is 1.14 bits per heavy atom. The van der Waals surface area contributed by atoms with E-state index in [1.165, 1.54) is 11.6 Å². The summed E-state index contributed by atoms with van der Waals surface area (Å²) in [5.74, 6) is -0.246. The summed E-state index contributed by atoms with van der Waals surface area (Å²) in [5.41, 5.74) is 2.80. The van der Waals surface area contributed by atoms with Crippen LogP contribution in [-0.2, 0) is 6.42 Å². The number of carbonyl (C=O) groups excluding carboxylic acids is 1. The number of urea groups is 1. The van der Waals surface area contributed by atoms with E-state index in [4.69, 9.17) is 0 Å². The van der Waals surface area contributed by atoms with E-state index in [1.54, 1.807) is 24.4 Å². The smallest absolute Gasteiger partial charge is 0.318 e. The van der Waals surface area contributed by atoms with Gasteiger partial charge in [-0.3, -0.25) is 0 Å². The van der Waals surface area contributed by atoms with Gasteiger partial charge in [-0.25, -0.2) is 9.18 Å². The molecule has 0 spiro atoms. The second kappa shape index (κ2) is 7.98. The minimum absolute atomic E-state index is 0.246. The first-order valence-corrected chi connectivity index (χ1v) is 7.16. The molecule has 0 heterocycles. The highest BCUT2D eigenvalue weighted by Crippen LogP contribution is 2.06. The van der Waals surface area contributed by atoms with Crippen molar-refractivity contribution in [3.63, 3.8) is 0 Å². The summed E-state index contributed by atoms with van der Waals surface area (Å²) in [6, 6.07) is 14.2. The minimum Gasteiger partial charge on any atom is -0.338 e. The molecule has 0 aliphatic carbocycles. The molecule has 0 saturated heterocycles.